The molecule has 0 unspecified atom stereocenters. The van der Waals surface area contributed by atoms with Crippen LogP contribution in [0.3, 0.4) is 0 Å². The number of aryl methyl sites for hydroxylation is 1. The first kappa shape index (κ1) is 17.5. The Morgan fingerprint density at radius 1 is 1.35 bits per heavy atom. The van der Waals surface area contributed by atoms with Crippen molar-refractivity contribution in [3.63, 3.8) is 0 Å². The number of furan rings is 1. The molecule has 1 N–H and O–H groups in total. The number of thiazole rings is 1. The molecule has 1 aliphatic heterocycles. The second-order valence-corrected chi connectivity index (χ2v) is 8.34. The Morgan fingerprint density at radius 3 is 2.88 bits per heavy atom. The molecule has 7 heteroatoms. The summed E-state index contributed by atoms with van der Waals surface area (Å²) in [6.45, 7) is 4.53. The van der Waals surface area contributed by atoms with E-state index < -0.39 is 0 Å². The molecule has 0 saturated carbocycles. The van der Waals surface area contributed by atoms with Crippen molar-refractivity contribution in [2.75, 3.05) is 19.6 Å². The third-order valence-corrected chi connectivity index (χ3v) is 6.84. The quantitative estimate of drug-likeness (QED) is 0.683. The van der Waals surface area contributed by atoms with Crippen LogP contribution < -0.4 is 5.32 Å². The second kappa shape index (κ2) is 7.73. The zero-order valence-electron chi connectivity index (χ0n) is 14.6. The molecule has 0 aliphatic carbocycles. The van der Waals surface area contributed by atoms with Crippen LogP contribution in [0, 0.1) is 6.92 Å². The molecule has 136 valence electrons. The molecular weight excluding hydrogens is 366 g/mol. The lowest BCUT2D eigenvalue weighted by atomic mass is 10.2. The maximum Gasteiger partial charge on any atom is 0.263 e. The molecule has 1 fully saturated rings. The number of likely N-dealkylation sites (tertiary alicyclic amines) is 1. The molecule has 3 aromatic heterocycles. The van der Waals surface area contributed by atoms with Gasteiger partial charge in [-0.3, -0.25) is 9.69 Å². The van der Waals surface area contributed by atoms with Crippen LogP contribution in [0.5, 0.6) is 0 Å². The van der Waals surface area contributed by atoms with E-state index in [2.05, 4.69) is 15.2 Å². The fourth-order valence-corrected chi connectivity index (χ4v) is 5.11. The van der Waals surface area contributed by atoms with Gasteiger partial charge in [0.05, 0.1) is 22.9 Å². The van der Waals surface area contributed by atoms with Crippen molar-refractivity contribution >= 4 is 28.6 Å². The zero-order chi connectivity index (χ0) is 17.9. The normalized spacial score (nSPS) is 16.0. The van der Waals surface area contributed by atoms with Crippen LogP contribution in [0.25, 0.3) is 9.88 Å². The van der Waals surface area contributed by atoms with E-state index in [4.69, 9.17) is 4.42 Å². The summed E-state index contributed by atoms with van der Waals surface area (Å²) in [5.74, 6) is 0.853. The molecular formula is C19H21N3O2S2. The summed E-state index contributed by atoms with van der Waals surface area (Å²) in [5.41, 5.74) is 0.784. The standard InChI is InChI=1S/C19H21N3O2S2/c1-13-17(26-19(21-13)16-7-5-11-25-16)18(23)20-12-14(15-6-4-10-24-15)22-8-2-3-9-22/h4-7,10-11,14H,2-3,8-9,12H2,1H3,(H,20,23)/t14-/m1/s1. The Bertz CT molecular complexity index is 850. The maximum absolute atomic E-state index is 12.8. The van der Waals surface area contributed by atoms with E-state index in [9.17, 15) is 4.79 Å². The second-order valence-electron chi connectivity index (χ2n) is 6.40. The van der Waals surface area contributed by atoms with Crippen LogP contribution in [0.15, 0.2) is 40.3 Å². The van der Waals surface area contributed by atoms with Crippen molar-refractivity contribution in [3.05, 3.63) is 52.2 Å². The first-order valence-electron chi connectivity index (χ1n) is 8.79. The fraction of sp³-hybridized carbons (Fsp3) is 0.368. The minimum absolute atomic E-state index is 0.0569. The number of carbonyl (C=O) groups excluding carboxylic acids is 1. The number of thiophene rings is 1. The fourth-order valence-electron chi connectivity index (χ4n) is 3.33. The highest BCUT2D eigenvalue weighted by atomic mass is 32.1. The van der Waals surface area contributed by atoms with Gasteiger partial charge in [-0.1, -0.05) is 6.07 Å². The Balaban J connectivity index is 1.47. The lowest BCUT2D eigenvalue weighted by Gasteiger charge is -2.25. The molecule has 1 atom stereocenters. The van der Waals surface area contributed by atoms with Gasteiger partial charge in [-0.25, -0.2) is 4.98 Å². The molecule has 1 aliphatic rings. The lowest BCUT2D eigenvalue weighted by molar-refractivity contribution is 0.0937. The summed E-state index contributed by atoms with van der Waals surface area (Å²) >= 11 is 3.10. The summed E-state index contributed by atoms with van der Waals surface area (Å²) in [7, 11) is 0. The van der Waals surface area contributed by atoms with Crippen molar-refractivity contribution in [2.24, 2.45) is 0 Å². The van der Waals surface area contributed by atoms with Gasteiger partial charge in [-0.15, -0.1) is 22.7 Å². The van der Waals surface area contributed by atoms with Crippen LogP contribution in [0.4, 0.5) is 0 Å². The van der Waals surface area contributed by atoms with E-state index in [1.54, 1.807) is 17.6 Å². The van der Waals surface area contributed by atoms with Crippen molar-refractivity contribution in [3.8, 4) is 9.88 Å². The van der Waals surface area contributed by atoms with Gasteiger partial charge in [0.25, 0.3) is 5.91 Å². The Hall–Kier alpha value is -1.96. The first-order valence-corrected chi connectivity index (χ1v) is 10.5. The molecule has 3 aromatic rings. The number of nitrogens with one attached hydrogen (secondary N) is 1. The van der Waals surface area contributed by atoms with Gasteiger partial charge in [-0.05, 0) is 56.4 Å². The molecule has 0 aromatic carbocycles. The van der Waals surface area contributed by atoms with Gasteiger partial charge >= 0.3 is 0 Å². The van der Waals surface area contributed by atoms with Crippen LogP contribution in [0.2, 0.25) is 0 Å². The summed E-state index contributed by atoms with van der Waals surface area (Å²) < 4.78 is 5.62. The number of hydrogen-bond acceptors (Lipinski definition) is 6. The summed E-state index contributed by atoms with van der Waals surface area (Å²) in [6.07, 6.45) is 4.09. The number of nitrogens with zero attached hydrogens (tertiary/aromatic N) is 2. The number of amides is 1. The van der Waals surface area contributed by atoms with Crippen molar-refractivity contribution < 1.29 is 9.21 Å². The van der Waals surface area contributed by atoms with Crippen molar-refractivity contribution in [1.82, 2.24) is 15.2 Å². The number of hydrogen-bond donors (Lipinski definition) is 1. The summed E-state index contributed by atoms with van der Waals surface area (Å²) in [6, 6.07) is 8.01. The molecule has 1 saturated heterocycles. The summed E-state index contributed by atoms with van der Waals surface area (Å²) in [5, 5.41) is 6.03. The number of rotatable bonds is 6. The predicted molar refractivity (Wildman–Crippen MR) is 105 cm³/mol. The van der Waals surface area contributed by atoms with Crippen LogP contribution in [-0.2, 0) is 0 Å². The van der Waals surface area contributed by atoms with E-state index in [0.29, 0.717) is 11.4 Å². The van der Waals surface area contributed by atoms with Gasteiger partial charge in [0.15, 0.2) is 0 Å². The predicted octanol–water partition coefficient (Wildman–Crippen LogP) is 4.34. The maximum atomic E-state index is 12.8. The average molecular weight is 388 g/mol. The molecule has 0 spiro atoms. The largest absolute Gasteiger partial charge is 0.468 e. The molecule has 1 amide bonds. The smallest absolute Gasteiger partial charge is 0.263 e. The molecule has 4 heterocycles. The van der Waals surface area contributed by atoms with Crippen LogP contribution in [0.1, 0.15) is 40.0 Å². The third-order valence-electron chi connectivity index (χ3n) is 4.64. The first-order chi connectivity index (χ1) is 12.7. The van der Waals surface area contributed by atoms with Gasteiger partial charge in [0.2, 0.25) is 0 Å². The topological polar surface area (TPSA) is 58.4 Å². The molecule has 4 rings (SSSR count). The zero-order valence-corrected chi connectivity index (χ0v) is 16.2. The molecule has 26 heavy (non-hydrogen) atoms. The van der Waals surface area contributed by atoms with E-state index in [1.807, 2.05) is 36.6 Å². The average Bonchev–Trinajstić information content (AvgIpc) is 3.42. The minimum Gasteiger partial charge on any atom is -0.468 e. The third kappa shape index (κ3) is 3.60. The monoisotopic (exact) mass is 387 g/mol. The highest BCUT2D eigenvalue weighted by Crippen LogP contribution is 2.31. The molecule has 5 nitrogen and oxygen atoms in total. The van der Waals surface area contributed by atoms with Gasteiger partial charge in [0.1, 0.15) is 15.6 Å². The number of carbonyl (C=O) groups is 1. The lowest BCUT2D eigenvalue weighted by Crippen LogP contribution is -2.36. The van der Waals surface area contributed by atoms with Crippen molar-refractivity contribution in [1.29, 1.82) is 0 Å². The Morgan fingerprint density at radius 2 is 2.19 bits per heavy atom. The van der Waals surface area contributed by atoms with Crippen LogP contribution >= 0.6 is 22.7 Å². The van der Waals surface area contributed by atoms with E-state index in [-0.39, 0.29) is 11.9 Å². The number of aromatic nitrogens is 1. The van der Waals surface area contributed by atoms with Gasteiger partial charge < -0.3 is 9.73 Å². The minimum atomic E-state index is -0.0569. The highest BCUT2D eigenvalue weighted by molar-refractivity contribution is 7.22. The molecule has 0 radical (unpaired) electrons. The van der Waals surface area contributed by atoms with E-state index in [1.165, 1.54) is 24.2 Å². The Labute approximate surface area is 160 Å². The van der Waals surface area contributed by atoms with Crippen molar-refractivity contribution in [2.45, 2.75) is 25.8 Å². The van der Waals surface area contributed by atoms with E-state index in [0.717, 1.165) is 34.4 Å². The van der Waals surface area contributed by atoms with E-state index >= 15 is 0 Å². The summed E-state index contributed by atoms with van der Waals surface area (Å²) in [4.78, 5) is 21.5. The molecule has 0 bridgehead atoms. The highest BCUT2D eigenvalue weighted by Gasteiger charge is 2.26. The van der Waals surface area contributed by atoms with Gasteiger partial charge in [-0.2, -0.15) is 0 Å². The van der Waals surface area contributed by atoms with Gasteiger partial charge in [0, 0.05) is 6.54 Å². The van der Waals surface area contributed by atoms with Crippen LogP contribution in [-0.4, -0.2) is 35.4 Å². The SMILES string of the molecule is Cc1nc(-c2cccs2)sc1C(=O)NC[C@H](c1ccco1)N1CCCC1. The Kier molecular flexibility index (Phi) is 5.19.